The molecule has 0 radical (unpaired) electrons. The van der Waals surface area contributed by atoms with E-state index in [0.29, 0.717) is 12.1 Å². The molecule has 1 atom stereocenters. The van der Waals surface area contributed by atoms with Crippen LogP contribution < -0.4 is 37.7 Å². The van der Waals surface area contributed by atoms with Gasteiger partial charge in [0.2, 0.25) is 0 Å². The Morgan fingerprint density at radius 2 is 1.60 bits per heavy atom. The summed E-state index contributed by atoms with van der Waals surface area (Å²) < 4.78 is 0. The van der Waals surface area contributed by atoms with Crippen LogP contribution in [0.25, 0.3) is 5.32 Å². The minimum absolute atomic E-state index is 0. The number of rotatable bonds is 3. The number of hydrogen-bond acceptors (Lipinski definition) is 0. The van der Waals surface area contributed by atoms with Crippen LogP contribution in [0.3, 0.4) is 0 Å². The van der Waals surface area contributed by atoms with Crippen molar-refractivity contribution in [3.05, 3.63) is 12.2 Å². The molecule has 0 spiro atoms. The van der Waals surface area contributed by atoms with Gasteiger partial charge in [0, 0.05) is 0 Å². The van der Waals surface area contributed by atoms with Gasteiger partial charge in [-0.2, -0.15) is 12.5 Å². The summed E-state index contributed by atoms with van der Waals surface area (Å²) in [5.41, 5.74) is 0. The van der Waals surface area contributed by atoms with E-state index < -0.39 is 0 Å². The second kappa shape index (κ2) is 10.2. The maximum absolute atomic E-state index is 4.33. The SMILES string of the molecule is [CH2-]CC(C)[N-]C(C)C.[Li+].[Li+]. The summed E-state index contributed by atoms with van der Waals surface area (Å²) in [6.07, 6.45) is 0.915. The first-order valence-electron chi connectivity index (χ1n) is 3.16. The molecule has 0 aliphatic heterocycles. The van der Waals surface area contributed by atoms with Crippen LogP contribution in [0.5, 0.6) is 0 Å². The van der Waals surface area contributed by atoms with Crippen LogP contribution in [0.2, 0.25) is 0 Å². The van der Waals surface area contributed by atoms with Crippen molar-refractivity contribution in [3.63, 3.8) is 0 Å². The van der Waals surface area contributed by atoms with Crippen molar-refractivity contribution < 1.29 is 37.7 Å². The Morgan fingerprint density at radius 3 is 1.70 bits per heavy atom. The van der Waals surface area contributed by atoms with Gasteiger partial charge in [-0.25, -0.2) is 0 Å². The van der Waals surface area contributed by atoms with Crippen molar-refractivity contribution in [3.8, 4) is 0 Å². The predicted octanol–water partition coefficient (Wildman–Crippen LogP) is -3.61. The molecule has 0 bridgehead atoms. The molecule has 0 fully saturated rings. The Labute approximate surface area is 89.1 Å². The monoisotopic (exact) mass is 127 g/mol. The molecule has 0 heterocycles. The third-order valence-corrected chi connectivity index (χ3v) is 0.970. The van der Waals surface area contributed by atoms with Gasteiger partial charge in [-0.15, -0.1) is 6.04 Å². The van der Waals surface area contributed by atoms with Crippen LogP contribution in [0.1, 0.15) is 27.2 Å². The fourth-order valence-electron chi connectivity index (χ4n) is 0.583. The number of nitrogens with zero attached hydrogens (tertiary/aromatic N) is 1. The summed E-state index contributed by atoms with van der Waals surface area (Å²) in [4.78, 5) is 0. The zero-order valence-electron chi connectivity index (χ0n) is 8.02. The average molecular weight is 127 g/mol. The summed E-state index contributed by atoms with van der Waals surface area (Å²) in [5.74, 6) is 0. The molecule has 0 aromatic heterocycles. The van der Waals surface area contributed by atoms with E-state index in [-0.39, 0.29) is 37.7 Å². The Kier molecular flexibility index (Phi) is 17.6. The van der Waals surface area contributed by atoms with E-state index >= 15 is 0 Å². The second-order valence-electron chi connectivity index (χ2n) is 2.38. The fraction of sp³-hybridized carbons (Fsp3) is 0.857. The van der Waals surface area contributed by atoms with Crippen molar-refractivity contribution in [2.75, 3.05) is 0 Å². The smallest absolute Gasteiger partial charge is 0.659 e. The van der Waals surface area contributed by atoms with Crippen LogP contribution in [-0.4, -0.2) is 12.1 Å². The standard InChI is InChI=1S/C7H15N.2Li/c1-5-7(4)8-6(2)3;;/h6-7H,1,5H2,2-4H3;;/q-2;2*+1. The summed E-state index contributed by atoms with van der Waals surface area (Å²) >= 11 is 0. The molecular weight excluding hydrogens is 112 g/mol. The van der Waals surface area contributed by atoms with E-state index in [1.54, 1.807) is 0 Å². The molecule has 0 aromatic rings. The minimum Gasteiger partial charge on any atom is -0.659 e. The first kappa shape index (κ1) is 17.3. The van der Waals surface area contributed by atoms with Gasteiger partial charge in [-0.05, 0) is 0 Å². The van der Waals surface area contributed by atoms with E-state index in [1.807, 2.05) is 0 Å². The Morgan fingerprint density at radius 1 is 1.20 bits per heavy atom. The Bertz CT molecular complexity index is 57.6. The second-order valence-corrected chi connectivity index (χ2v) is 2.38. The first-order chi connectivity index (χ1) is 3.66. The summed E-state index contributed by atoms with van der Waals surface area (Å²) in [6.45, 7) is 10.0. The average Bonchev–Trinajstić information content (AvgIpc) is 1.65. The van der Waals surface area contributed by atoms with E-state index in [0.717, 1.165) is 6.42 Å². The van der Waals surface area contributed by atoms with Gasteiger partial charge in [0.15, 0.2) is 0 Å². The van der Waals surface area contributed by atoms with Gasteiger partial charge >= 0.3 is 37.7 Å². The van der Waals surface area contributed by atoms with Gasteiger partial charge in [-0.1, -0.05) is 20.8 Å². The van der Waals surface area contributed by atoms with Crippen LogP contribution in [0.4, 0.5) is 0 Å². The molecule has 0 rings (SSSR count). The van der Waals surface area contributed by atoms with Crippen molar-refractivity contribution in [2.45, 2.75) is 39.3 Å². The van der Waals surface area contributed by atoms with Gasteiger partial charge < -0.3 is 12.2 Å². The molecule has 0 amide bonds. The first-order valence-corrected chi connectivity index (χ1v) is 3.16. The summed E-state index contributed by atoms with van der Waals surface area (Å²) in [5, 5.41) is 4.33. The zero-order valence-corrected chi connectivity index (χ0v) is 8.02. The minimum atomic E-state index is 0. The molecular formula is C7H15Li2N. The van der Waals surface area contributed by atoms with Crippen molar-refractivity contribution in [1.82, 2.24) is 0 Å². The van der Waals surface area contributed by atoms with Crippen molar-refractivity contribution in [2.24, 2.45) is 0 Å². The normalized spacial score (nSPS) is 11.7. The maximum atomic E-state index is 4.33. The van der Waals surface area contributed by atoms with Crippen LogP contribution in [-0.2, 0) is 0 Å². The van der Waals surface area contributed by atoms with Gasteiger partial charge in [0.1, 0.15) is 0 Å². The fourth-order valence-corrected chi connectivity index (χ4v) is 0.583. The number of hydrogen-bond donors (Lipinski definition) is 0. The maximum Gasteiger partial charge on any atom is 1.00 e. The molecule has 50 valence electrons. The largest absolute Gasteiger partial charge is 1.00 e. The van der Waals surface area contributed by atoms with Gasteiger partial charge in [-0.3, -0.25) is 0 Å². The van der Waals surface area contributed by atoms with E-state index in [4.69, 9.17) is 0 Å². The van der Waals surface area contributed by atoms with Crippen LogP contribution in [0.15, 0.2) is 0 Å². The van der Waals surface area contributed by atoms with Crippen molar-refractivity contribution >= 4 is 0 Å². The third kappa shape index (κ3) is 11.9. The van der Waals surface area contributed by atoms with E-state index in [9.17, 15) is 0 Å². The Balaban J connectivity index is -0.000000245. The molecule has 10 heavy (non-hydrogen) atoms. The molecule has 3 heteroatoms. The molecule has 1 nitrogen and oxygen atoms in total. The van der Waals surface area contributed by atoms with E-state index in [2.05, 4.69) is 33.0 Å². The van der Waals surface area contributed by atoms with Crippen molar-refractivity contribution in [1.29, 1.82) is 0 Å². The predicted molar refractivity (Wildman–Crippen MR) is 37.9 cm³/mol. The molecule has 0 saturated carbocycles. The molecule has 0 saturated heterocycles. The molecule has 0 N–H and O–H groups in total. The molecule has 0 aliphatic carbocycles. The third-order valence-electron chi connectivity index (χ3n) is 0.970. The van der Waals surface area contributed by atoms with Gasteiger partial charge in [0.25, 0.3) is 0 Å². The van der Waals surface area contributed by atoms with Gasteiger partial charge in [0.05, 0.1) is 0 Å². The molecule has 0 aromatic carbocycles. The van der Waals surface area contributed by atoms with Crippen LogP contribution in [0, 0.1) is 6.92 Å². The molecule has 0 aliphatic rings. The quantitative estimate of drug-likeness (QED) is 0.274. The van der Waals surface area contributed by atoms with Crippen LogP contribution >= 0.6 is 0 Å². The summed E-state index contributed by atoms with van der Waals surface area (Å²) in [6, 6.07) is 0.904. The topological polar surface area (TPSA) is 14.1 Å². The van der Waals surface area contributed by atoms with E-state index in [1.165, 1.54) is 0 Å². The molecule has 1 unspecified atom stereocenters. The zero-order chi connectivity index (χ0) is 6.57. The Hall–Kier alpha value is 1.15. The summed E-state index contributed by atoms with van der Waals surface area (Å²) in [7, 11) is 0.